The van der Waals surface area contributed by atoms with Crippen LogP contribution in [0.25, 0.3) is 0 Å². The maximum Gasteiger partial charge on any atom is 0.338 e. The molecule has 0 radical (unpaired) electrons. The maximum absolute atomic E-state index is 12.1. The number of aromatic nitrogens is 2. The van der Waals surface area contributed by atoms with Crippen molar-refractivity contribution in [3.8, 4) is 0 Å². The molecular formula is C13H12N4O5. The molecule has 0 spiro atoms. The van der Waals surface area contributed by atoms with Crippen molar-refractivity contribution in [1.82, 2.24) is 15.3 Å². The van der Waals surface area contributed by atoms with E-state index in [1.54, 1.807) is 6.20 Å². The molecule has 1 heterocycles. The molecule has 0 bridgehead atoms. The summed E-state index contributed by atoms with van der Waals surface area (Å²) < 4.78 is 4.52. The number of nitrogens with one attached hydrogen (secondary N) is 2. The van der Waals surface area contributed by atoms with Crippen LogP contribution in [-0.2, 0) is 11.3 Å². The fourth-order valence-corrected chi connectivity index (χ4v) is 1.74. The van der Waals surface area contributed by atoms with E-state index in [-0.39, 0.29) is 23.4 Å². The van der Waals surface area contributed by atoms with Crippen LogP contribution in [0.3, 0.4) is 0 Å². The monoisotopic (exact) mass is 304 g/mol. The molecule has 1 aromatic heterocycles. The van der Waals surface area contributed by atoms with E-state index in [0.717, 1.165) is 19.2 Å². The lowest BCUT2D eigenvalue weighted by atomic mass is 10.1. The number of carbonyl (C=O) groups excluding carboxylic acids is 2. The van der Waals surface area contributed by atoms with Gasteiger partial charge in [0, 0.05) is 30.1 Å². The van der Waals surface area contributed by atoms with E-state index in [1.807, 2.05) is 0 Å². The third kappa shape index (κ3) is 3.45. The van der Waals surface area contributed by atoms with Crippen molar-refractivity contribution in [2.75, 3.05) is 7.11 Å². The highest BCUT2D eigenvalue weighted by Crippen LogP contribution is 2.18. The third-order valence-electron chi connectivity index (χ3n) is 2.78. The maximum atomic E-state index is 12.1. The SMILES string of the molecule is COC(=O)c1cc(C(=O)NCc2ncc[nH]2)cc([N+](=O)[O-])c1. The number of ether oxygens (including phenoxy) is 1. The van der Waals surface area contributed by atoms with Crippen molar-refractivity contribution in [2.24, 2.45) is 0 Å². The number of hydrogen-bond acceptors (Lipinski definition) is 6. The molecule has 0 saturated heterocycles. The molecule has 9 nitrogen and oxygen atoms in total. The minimum Gasteiger partial charge on any atom is -0.465 e. The number of carbonyl (C=O) groups is 2. The lowest BCUT2D eigenvalue weighted by molar-refractivity contribution is -0.384. The molecule has 2 aromatic rings. The number of nitro groups is 1. The smallest absolute Gasteiger partial charge is 0.338 e. The molecule has 114 valence electrons. The molecule has 9 heteroatoms. The average Bonchev–Trinajstić information content (AvgIpc) is 3.04. The number of aromatic amines is 1. The molecule has 0 saturated carbocycles. The second-order valence-electron chi connectivity index (χ2n) is 4.24. The number of nitro benzene ring substituents is 1. The summed E-state index contributed by atoms with van der Waals surface area (Å²) in [4.78, 5) is 40.5. The van der Waals surface area contributed by atoms with Crippen LogP contribution in [0.2, 0.25) is 0 Å². The molecule has 1 amide bonds. The summed E-state index contributed by atoms with van der Waals surface area (Å²) in [5.74, 6) is -0.791. The number of methoxy groups -OCH3 is 1. The minimum atomic E-state index is -0.760. The minimum absolute atomic E-state index is 0.0128. The number of non-ortho nitro benzene ring substituents is 1. The van der Waals surface area contributed by atoms with Gasteiger partial charge in [-0.05, 0) is 6.07 Å². The Balaban J connectivity index is 2.24. The number of hydrogen-bond donors (Lipinski definition) is 2. The van der Waals surface area contributed by atoms with E-state index in [0.29, 0.717) is 5.82 Å². The number of H-pyrrole nitrogens is 1. The topological polar surface area (TPSA) is 127 Å². The highest BCUT2D eigenvalue weighted by Gasteiger charge is 2.18. The molecule has 0 aliphatic rings. The van der Waals surface area contributed by atoms with E-state index in [1.165, 1.54) is 12.3 Å². The van der Waals surface area contributed by atoms with Gasteiger partial charge in [-0.25, -0.2) is 9.78 Å². The number of imidazole rings is 1. The van der Waals surface area contributed by atoms with E-state index < -0.39 is 16.8 Å². The average molecular weight is 304 g/mol. The van der Waals surface area contributed by atoms with Crippen LogP contribution in [0.1, 0.15) is 26.5 Å². The molecule has 2 rings (SSSR count). The number of rotatable bonds is 5. The van der Waals surface area contributed by atoms with Crippen LogP contribution in [0.4, 0.5) is 5.69 Å². The normalized spacial score (nSPS) is 10.0. The van der Waals surface area contributed by atoms with Gasteiger partial charge < -0.3 is 15.0 Å². The summed E-state index contributed by atoms with van der Waals surface area (Å²) in [7, 11) is 1.15. The first-order valence-electron chi connectivity index (χ1n) is 6.15. The van der Waals surface area contributed by atoms with Crippen LogP contribution >= 0.6 is 0 Å². The van der Waals surface area contributed by atoms with Gasteiger partial charge in [0.15, 0.2) is 0 Å². The summed E-state index contributed by atoms with van der Waals surface area (Å²) >= 11 is 0. The van der Waals surface area contributed by atoms with Gasteiger partial charge >= 0.3 is 5.97 Å². The predicted molar refractivity (Wildman–Crippen MR) is 74.2 cm³/mol. The predicted octanol–water partition coefficient (Wildman–Crippen LogP) is 1.03. The van der Waals surface area contributed by atoms with Gasteiger partial charge in [0.05, 0.1) is 24.1 Å². The highest BCUT2D eigenvalue weighted by molar-refractivity contribution is 5.98. The van der Waals surface area contributed by atoms with Gasteiger partial charge in [-0.1, -0.05) is 0 Å². The lowest BCUT2D eigenvalue weighted by Crippen LogP contribution is -2.24. The molecule has 22 heavy (non-hydrogen) atoms. The second-order valence-corrected chi connectivity index (χ2v) is 4.24. The number of esters is 1. The van der Waals surface area contributed by atoms with Gasteiger partial charge in [0.2, 0.25) is 0 Å². The van der Waals surface area contributed by atoms with E-state index >= 15 is 0 Å². The number of amides is 1. The van der Waals surface area contributed by atoms with Gasteiger partial charge in [0.25, 0.3) is 11.6 Å². The summed E-state index contributed by atoms with van der Waals surface area (Å²) in [5.41, 5.74) is -0.452. The van der Waals surface area contributed by atoms with Gasteiger partial charge in [-0.15, -0.1) is 0 Å². The van der Waals surface area contributed by atoms with Crippen molar-refractivity contribution in [3.05, 3.63) is 57.7 Å². The number of benzene rings is 1. The Kier molecular flexibility index (Phi) is 4.47. The standard InChI is InChI=1S/C13H12N4O5/c1-22-13(19)9-4-8(5-10(6-9)17(20)21)12(18)16-7-11-14-2-3-15-11/h2-6H,7H2,1H3,(H,14,15)(H,16,18). The van der Waals surface area contributed by atoms with Crippen LogP contribution in [-0.4, -0.2) is 33.9 Å². The lowest BCUT2D eigenvalue weighted by Gasteiger charge is -2.06. The summed E-state index contributed by atoms with van der Waals surface area (Å²) in [6.07, 6.45) is 3.13. The van der Waals surface area contributed by atoms with Crippen molar-refractivity contribution in [2.45, 2.75) is 6.54 Å². The Hall–Kier alpha value is -3.23. The van der Waals surface area contributed by atoms with E-state index in [2.05, 4.69) is 20.0 Å². The Bertz CT molecular complexity index is 711. The van der Waals surface area contributed by atoms with Crippen LogP contribution < -0.4 is 5.32 Å². The molecule has 2 N–H and O–H groups in total. The first kappa shape index (κ1) is 15.2. The molecule has 0 aliphatic heterocycles. The zero-order chi connectivity index (χ0) is 16.1. The summed E-state index contributed by atoms with van der Waals surface area (Å²) in [6, 6.07) is 3.37. The van der Waals surface area contributed by atoms with Crippen LogP contribution in [0, 0.1) is 10.1 Å². The molecule has 0 fully saturated rings. The van der Waals surface area contributed by atoms with Crippen molar-refractivity contribution in [1.29, 1.82) is 0 Å². The fourth-order valence-electron chi connectivity index (χ4n) is 1.74. The van der Waals surface area contributed by atoms with Crippen LogP contribution in [0.5, 0.6) is 0 Å². The Morgan fingerprint density at radius 3 is 2.68 bits per heavy atom. The van der Waals surface area contributed by atoms with E-state index in [9.17, 15) is 19.7 Å². The van der Waals surface area contributed by atoms with Crippen molar-refractivity contribution < 1.29 is 19.2 Å². The Labute approximate surface area is 124 Å². The quantitative estimate of drug-likeness (QED) is 0.482. The zero-order valence-electron chi connectivity index (χ0n) is 11.5. The Morgan fingerprint density at radius 2 is 2.09 bits per heavy atom. The summed E-state index contributed by atoms with van der Waals surface area (Å²) in [6.45, 7) is 0.127. The van der Waals surface area contributed by atoms with Crippen molar-refractivity contribution in [3.63, 3.8) is 0 Å². The van der Waals surface area contributed by atoms with Crippen LogP contribution in [0.15, 0.2) is 30.6 Å². The third-order valence-corrected chi connectivity index (χ3v) is 2.78. The van der Waals surface area contributed by atoms with Gasteiger partial charge in [-0.2, -0.15) is 0 Å². The van der Waals surface area contributed by atoms with Gasteiger partial charge in [0.1, 0.15) is 5.82 Å². The fraction of sp³-hybridized carbons (Fsp3) is 0.154. The second kappa shape index (κ2) is 6.48. The molecule has 0 atom stereocenters. The molecule has 0 unspecified atom stereocenters. The molecule has 1 aromatic carbocycles. The number of nitrogens with zero attached hydrogens (tertiary/aromatic N) is 2. The first-order valence-corrected chi connectivity index (χ1v) is 6.15. The zero-order valence-corrected chi connectivity index (χ0v) is 11.5. The Morgan fingerprint density at radius 1 is 1.36 bits per heavy atom. The highest BCUT2D eigenvalue weighted by atomic mass is 16.6. The van der Waals surface area contributed by atoms with E-state index in [4.69, 9.17) is 0 Å². The first-order chi connectivity index (χ1) is 10.5. The molecular weight excluding hydrogens is 292 g/mol. The largest absolute Gasteiger partial charge is 0.465 e. The van der Waals surface area contributed by atoms with Crippen molar-refractivity contribution >= 4 is 17.6 Å². The van der Waals surface area contributed by atoms with Gasteiger partial charge in [-0.3, -0.25) is 14.9 Å². The summed E-state index contributed by atoms with van der Waals surface area (Å²) in [5, 5.41) is 13.4. The molecule has 0 aliphatic carbocycles.